The first-order valence-corrected chi connectivity index (χ1v) is 9.70. The van der Waals surface area contributed by atoms with E-state index in [1.54, 1.807) is 0 Å². The smallest absolute Gasteiger partial charge is 0.309 e. The van der Waals surface area contributed by atoms with Crippen molar-refractivity contribution in [1.82, 2.24) is 0 Å². The third kappa shape index (κ3) is 1.95. The highest BCUT2D eigenvalue weighted by atomic mass is 16.4. The molecule has 4 rings (SSSR count). The predicted octanol–water partition coefficient (Wildman–Crippen LogP) is 4.09. The first-order chi connectivity index (χ1) is 10.9. The summed E-state index contributed by atoms with van der Waals surface area (Å²) in [6, 6.07) is 0. The molecule has 23 heavy (non-hydrogen) atoms. The highest BCUT2D eigenvalue weighted by molar-refractivity contribution is 5.75. The SMILES string of the molecule is C[C@]12CCC[C@@](C)(C(=O)O)[C@@H]1CC[C@@]13C[C@@H](CO)[C@@H](CC[C@H]12)C3. The van der Waals surface area contributed by atoms with E-state index in [0.717, 1.165) is 25.2 Å². The summed E-state index contributed by atoms with van der Waals surface area (Å²) in [4.78, 5) is 12.1. The molecule has 0 unspecified atom stereocenters. The van der Waals surface area contributed by atoms with Crippen LogP contribution in [0.15, 0.2) is 0 Å². The maximum atomic E-state index is 12.1. The van der Waals surface area contributed by atoms with Crippen LogP contribution in [0.3, 0.4) is 0 Å². The van der Waals surface area contributed by atoms with Crippen molar-refractivity contribution in [3.05, 3.63) is 0 Å². The molecular weight excluding hydrogens is 288 g/mol. The van der Waals surface area contributed by atoms with Crippen LogP contribution in [0.4, 0.5) is 0 Å². The molecule has 4 fully saturated rings. The second-order valence-electron chi connectivity index (χ2n) is 9.78. The summed E-state index contributed by atoms with van der Waals surface area (Å²) in [6.45, 7) is 4.80. The Morgan fingerprint density at radius 1 is 1.04 bits per heavy atom. The maximum Gasteiger partial charge on any atom is 0.309 e. The second-order valence-corrected chi connectivity index (χ2v) is 9.78. The summed E-state index contributed by atoms with van der Waals surface area (Å²) in [5, 5.41) is 19.7. The molecule has 0 aliphatic heterocycles. The average Bonchev–Trinajstić information content (AvgIpc) is 2.77. The summed E-state index contributed by atoms with van der Waals surface area (Å²) in [5.74, 6) is 1.68. The molecule has 2 N–H and O–H groups in total. The van der Waals surface area contributed by atoms with Crippen molar-refractivity contribution in [3.8, 4) is 0 Å². The standard InChI is InChI=1S/C20H32O3/c1-18-7-3-8-19(2,17(22)23)15(18)6-9-20-10-13(4-5-16(18)20)14(11-20)12-21/h13-16,21H,3-12H2,1-2H3,(H,22,23)/t13-,14-,15+,16-,18-,19+,20+/m0/s1. The van der Waals surface area contributed by atoms with Gasteiger partial charge in [-0.2, -0.15) is 0 Å². The summed E-state index contributed by atoms with van der Waals surface area (Å²) < 4.78 is 0. The minimum atomic E-state index is -0.572. The molecule has 0 aromatic heterocycles. The Morgan fingerprint density at radius 3 is 2.52 bits per heavy atom. The van der Waals surface area contributed by atoms with E-state index in [2.05, 4.69) is 6.92 Å². The Hall–Kier alpha value is -0.570. The molecule has 4 aliphatic rings. The van der Waals surface area contributed by atoms with Crippen molar-refractivity contribution in [2.45, 2.75) is 71.6 Å². The van der Waals surface area contributed by atoms with Crippen LogP contribution in [0.5, 0.6) is 0 Å². The van der Waals surface area contributed by atoms with Crippen LogP contribution in [0.2, 0.25) is 0 Å². The molecular formula is C20H32O3. The van der Waals surface area contributed by atoms with Gasteiger partial charge in [0.05, 0.1) is 5.41 Å². The van der Waals surface area contributed by atoms with Crippen molar-refractivity contribution in [2.24, 2.45) is 39.9 Å². The zero-order valence-corrected chi connectivity index (χ0v) is 14.7. The first-order valence-electron chi connectivity index (χ1n) is 9.70. The number of carbonyl (C=O) groups is 1. The molecule has 4 saturated carbocycles. The fraction of sp³-hybridized carbons (Fsp3) is 0.950. The van der Waals surface area contributed by atoms with Gasteiger partial charge in [-0.1, -0.05) is 13.3 Å². The Kier molecular flexibility index (Phi) is 3.44. The van der Waals surface area contributed by atoms with Crippen molar-refractivity contribution >= 4 is 5.97 Å². The van der Waals surface area contributed by atoms with Gasteiger partial charge < -0.3 is 10.2 Å². The Bertz CT molecular complexity index is 517. The lowest BCUT2D eigenvalue weighted by Gasteiger charge is -2.63. The van der Waals surface area contributed by atoms with Crippen LogP contribution in [-0.4, -0.2) is 22.8 Å². The van der Waals surface area contributed by atoms with E-state index in [9.17, 15) is 15.0 Å². The van der Waals surface area contributed by atoms with Gasteiger partial charge in [0.2, 0.25) is 0 Å². The molecule has 7 atom stereocenters. The predicted molar refractivity (Wildman–Crippen MR) is 88.9 cm³/mol. The zero-order chi connectivity index (χ0) is 16.5. The largest absolute Gasteiger partial charge is 0.481 e. The average molecular weight is 320 g/mol. The van der Waals surface area contributed by atoms with Gasteiger partial charge in [0.1, 0.15) is 0 Å². The molecule has 0 amide bonds. The minimum Gasteiger partial charge on any atom is -0.481 e. The molecule has 1 spiro atoms. The van der Waals surface area contributed by atoms with Gasteiger partial charge in [-0.3, -0.25) is 4.79 Å². The summed E-state index contributed by atoms with van der Waals surface area (Å²) in [6.07, 6.45) is 10.4. The molecule has 0 aromatic rings. The van der Waals surface area contributed by atoms with Crippen LogP contribution in [0.1, 0.15) is 71.6 Å². The normalized spacial score (nSPS) is 55.1. The van der Waals surface area contributed by atoms with Crippen LogP contribution in [0.25, 0.3) is 0 Å². The van der Waals surface area contributed by atoms with Gasteiger partial charge in [0, 0.05) is 6.61 Å². The fourth-order valence-electron chi connectivity index (χ4n) is 8.06. The van der Waals surface area contributed by atoms with Crippen LogP contribution >= 0.6 is 0 Å². The number of carboxylic acid groups (broad SMARTS) is 1. The summed E-state index contributed by atoms with van der Waals surface area (Å²) in [7, 11) is 0. The van der Waals surface area contributed by atoms with E-state index in [4.69, 9.17) is 0 Å². The van der Waals surface area contributed by atoms with Gasteiger partial charge in [-0.15, -0.1) is 0 Å². The van der Waals surface area contributed by atoms with E-state index in [1.165, 1.54) is 38.5 Å². The number of hydrogen-bond acceptors (Lipinski definition) is 2. The molecule has 4 aliphatic carbocycles. The molecule has 3 heteroatoms. The molecule has 0 radical (unpaired) electrons. The number of hydrogen-bond donors (Lipinski definition) is 2. The zero-order valence-electron chi connectivity index (χ0n) is 14.7. The van der Waals surface area contributed by atoms with E-state index < -0.39 is 11.4 Å². The lowest BCUT2D eigenvalue weighted by molar-refractivity contribution is -0.181. The Balaban J connectivity index is 1.71. The van der Waals surface area contributed by atoms with Crippen molar-refractivity contribution in [3.63, 3.8) is 0 Å². The van der Waals surface area contributed by atoms with Crippen LogP contribution in [-0.2, 0) is 4.79 Å². The highest BCUT2D eigenvalue weighted by Crippen LogP contribution is 2.72. The Morgan fingerprint density at radius 2 is 1.83 bits per heavy atom. The monoisotopic (exact) mass is 320 g/mol. The number of fused-ring (bicyclic) bond motifs is 3. The van der Waals surface area contributed by atoms with E-state index in [0.29, 0.717) is 29.8 Å². The lowest BCUT2D eigenvalue weighted by atomic mass is 9.41. The number of aliphatic hydroxyl groups excluding tert-OH is 1. The number of aliphatic hydroxyl groups is 1. The first kappa shape index (κ1) is 15.9. The molecule has 0 heterocycles. The van der Waals surface area contributed by atoms with Gasteiger partial charge in [-0.05, 0) is 92.8 Å². The van der Waals surface area contributed by atoms with Gasteiger partial charge >= 0.3 is 5.97 Å². The van der Waals surface area contributed by atoms with E-state index >= 15 is 0 Å². The van der Waals surface area contributed by atoms with Crippen LogP contribution in [0, 0.1) is 39.9 Å². The fourth-order valence-corrected chi connectivity index (χ4v) is 8.06. The van der Waals surface area contributed by atoms with Gasteiger partial charge in [0.25, 0.3) is 0 Å². The molecule has 0 aromatic carbocycles. The highest BCUT2D eigenvalue weighted by Gasteiger charge is 2.65. The topological polar surface area (TPSA) is 57.5 Å². The number of carboxylic acids is 1. The van der Waals surface area contributed by atoms with Crippen LogP contribution < -0.4 is 0 Å². The molecule has 130 valence electrons. The van der Waals surface area contributed by atoms with E-state index in [1.807, 2.05) is 6.92 Å². The molecule has 0 saturated heterocycles. The second kappa shape index (κ2) is 4.97. The molecule has 2 bridgehead atoms. The van der Waals surface area contributed by atoms with Crippen molar-refractivity contribution in [1.29, 1.82) is 0 Å². The maximum absolute atomic E-state index is 12.1. The minimum absolute atomic E-state index is 0.193. The third-order valence-corrected chi connectivity index (χ3v) is 9.00. The molecule has 3 nitrogen and oxygen atoms in total. The van der Waals surface area contributed by atoms with Crippen molar-refractivity contribution in [2.75, 3.05) is 6.61 Å². The third-order valence-electron chi connectivity index (χ3n) is 9.00. The number of rotatable bonds is 2. The van der Waals surface area contributed by atoms with Crippen molar-refractivity contribution < 1.29 is 15.0 Å². The quantitative estimate of drug-likeness (QED) is 0.805. The van der Waals surface area contributed by atoms with E-state index in [-0.39, 0.29) is 5.41 Å². The Labute approximate surface area is 139 Å². The number of aliphatic carboxylic acids is 1. The summed E-state index contributed by atoms with van der Waals surface area (Å²) >= 11 is 0. The lowest BCUT2D eigenvalue weighted by Crippen LogP contribution is -2.58. The van der Waals surface area contributed by atoms with Gasteiger partial charge in [0.15, 0.2) is 0 Å². The van der Waals surface area contributed by atoms with Gasteiger partial charge in [-0.25, -0.2) is 0 Å². The summed E-state index contributed by atoms with van der Waals surface area (Å²) in [5.41, 5.74) is 0.0811.